The number of nitrogens with zero attached hydrogens (tertiary/aromatic N) is 2. The first-order valence-corrected chi connectivity index (χ1v) is 7.01. The Hall–Kier alpha value is -1.98. The number of carbonyl (C=O) groups is 2. The number of nitrogens with one attached hydrogen (secondary N) is 2. The second kappa shape index (κ2) is 6.45. The highest BCUT2D eigenvalue weighted by atomic mass is 16.2. The molecule has 1 fully saturated rings. The summed E-state index contributed by atoms with van der Waals surface area (Å²) in [6, 6.07) is 3.88. The molecule has 0 aliphatic carbocycles. The average molecular weight is 278 g/mol. The van der Waals surface area contributed by atoms with Gasteiger partial charge in [0.1, 0.15) is 0 Å². The summed E-state index contributed by atoms with van der Waals surface area (Å²) in [5.41, 5.74) is 0.926. The molecule has 1 aromatic heterocycles. The van der Waals surface area contributed by atoms with Gasteiger partial charge < -0.3 is 20.1 Å². The van der Waals surface area contributed by atoms with Gasteiger partial charge in [0.05, 0.1) is 6.42 Å². The Balaban J connectivity index is 1.79. The molecule has 6 heteroatoms. The minimum absolute atomic E-state index is 0.0449. The third-order valence-corrected chi connectivity index (χ3v) is 3.34. The highest BCUT2D eigenvalue weighted by molar-refractivity contribution is 5.79. The molecule has 0 aromatic carbocycles. The molecule has 20 heavy (non-hydrogen) atoms. The zero-order chi connectivity index (χ0) is 14.5. The topological polar surface area (TPSA) is 68.4 Å². The Morgan fingerprint density at radius 2 is 1.90 bits per heavy atom. The van der Waals surface area contributed by atoms with Gasteiger partial charge in [-0.1, -0.05) is 0 Å². The van der Waals surface area contributed by atoms with E-state index < -0.39 is 0 Å². The van der Waals surface area contributed by atoms with E-state index in [9.17, 15) is 9.59 Å². The van der Waals surface area contributed by atoms with Crippen molar-refractivity contribution < 1.29 is 9.59 Å². The van der Waals surface area contributed by atoms with Crippen molar-refractivity contribution in [2.45, 2.75) is 26.3 Å². The molecule has 0 saturated carbocycles. The fraction of sp³-hybridized carbons (Fsp3) is 0.571. The van der Waals surface area contributed by atoms with Gasteiger partial charge in [-0.2, -0.15) is 0 Å². The zero-order valence-electron chi connectivity index (χ0n) is 12.1. The number of urea groups is 1. The summed E-state index contributed by atoms with van der Waals surface area (Å²) in [6.07, 6.45) is 2.21. The molecule has 0 radical (unpaired) electrons. The summed E-state index contributed by atoms with van der Waals surface area (Å²) in [5, 5.41) is 2.87. The second-order valence-corrected chi connectivity index (χ2v) is 5.34. The molecular formula is C14H22N4O2. The number of aromatic amines is 1. The number of amides is 3. The van der Waals surface area contributed by atoms with Crippen molar-refractivity contribution >= 4 is 11.9 Å². The molecular weight excluding hydrogens is 256 g/mol. The maximum absolute atomic E-state index is 12.1. The molecule has 1 saturated heterocycles. The van der Waals surface area contributed by atoms with E-state index in [-0.39, 0.29) is 18.0 Å². The van der Waals surface area contributed by atoms with Crippen molar-refractivity contribution in [2.75, 3.05) is 26.2 Å². The maximum atomic E-state index is 12.1. The van der Waals surface area contributed by atoms with Crippen LogP contribution in [0.4, 0.5) is 4.79 Å². The van der Waals surface area contributed by atoms with Crippen LogP contribution in [0.1, 0.15) is 19.5 Å². The number of piperazine rings is 1. The van der Waals surface area contributed by atoms with Crippen LogP contribution in [-0.2, 0) is 11.2 Å². The van der Waals surface area contributed by atoms with Crippen molar-refractivity contribution in [1.29, 1.82) is 0 Å². The summed E-state index contributed by atoms with van der Waals surface area (Å²) in [4.78, 5) is 30.6. The molecule has 0 atom stereocenters. The molecule has 110 valence electrons. The van der Waals surface area contributed by atoms with Crippen LogP contribution in [0.15, 0.2) is 18.3 Å². The van der Waals surface area contributed by atoms with E-state index in [0.717, 1.165) is 5.69 Å². The van der Waals surface area contributed by atoms with Gasteiger partial charge in [0.25, 0.3) is 0 Å². The van der Waals surface area contributed by atoms with E-state index in [4.69, 9.17) is 0 Å². The van der Waals surface area contributed by atoms with Crippen molar-refractivity contribution in [3.05, 3.63) is 24.0 Å². The summed E-state index contributed by atoms with van der Waals surface area (Å²) >= 11 is 0. The van der Waals surface area contributed by atoms with E-state index in [0.29, 0.717) is 32.6 Å². The van der Waals surface area contributed by atoms with Gasteiger partial charge in [-0.3, -0.25) is 4.79 Å². The van der Waals surface area contributed by atoms with Crippen molar-refractivity contribution in [3.63, 3.8) is 0 Å². The lowest BCUT2D eigenvalue weighted by Crippen LogP contribution is -2.54. The Bertz CT molecular complexity index is 448. The third kappa shape index (κ3) is 3.76. The third-order valence-electron chi connectivity index (χ3n) is 3.34. The quantitative estimate of drug-likeness (QED) is 0.859. The van der Waals surface area contributed by atoms with E-state index in [2.05, 4.69) is 10.3 Å². The molecule has 2 rings (SSSR count). The Kier molecular flexibility index (Phi) is 4.65. The van der Waals surface area contributed by atoms with Gasteiger partial charge in [-0.15, -0.1) is 0 Å². The highest BCUT2D eigenvalue weighted by Crippen LogP contribution is 2.06. The number of hydrogen-bond acceptors (Lipinski definition) is 2. The maximum Gasteiger partial charge on any atom is 0.317 e. The summed E-state index contributed by atoms with van der Waals surface area (Å²) in [6.45, 7) is 6.27. The summed E-state index contributed by atoms with van der Waals surface area (Å²) in [7, 11) is 0. The lowest BCUT2D eigenvalue weighted by atomic mass is 10.2. The molecule has 1 aliphatic heterocycles. The molecule has 6 nitrogen and oxygen atoms in total. The Morgan fingerprint density at radius 1 is 1.25 bits per heavy atom. The zero-order valence-corrected chi connectivity index (χ0v) is 12.1. The first-order chi connectivity index (χ1) is 9.56. The molecule has 0 unspecified atom stereocenters. The van der Waals surface area contributed by atoms with E-state index in [1.807, 2.05) is 37.1 Å². The molecule has 2 heterocycles. The predicted octanol–water partition coefficient (Wildman–Crippen LogP) is 0.819. The SMILES string of the molecule is CC(C)NC(=O)N1CCN(C(=O)Cc2ccc[nH]2)CC1. The van der Waals surface area contributed by atoms with Crippen molar-refractivity contribution in [3.8, 4) is 0 Å². The molecule has 1 aromatic rings. The Morgan fingerprint density at radius 3 is 2.45 bits per heavy atom. The van der Waals surface area contributed by atoms with Gasteiger partial charge in [0.15, 0.2) is 0 Å². The van der Waals surface area contributed by atoms with Crippen LogP contribution in [0.2, 0.25) is 0 Å². The lowest BCUT2D eigenvalue weighted by Gasteiger charge is -2.35. The predicted molar refractivity (Wildman–Crippen MR) is 76.3 cm³/mol. The number of hydrogen-bond donors (Lipinski definition) is 2. The minimum atomic E-state index is -0.0449. The van der Waals surface area contributed by atoms with Crippen LogP contribution < -0.4 is 5.32 Å². The normalized spacial score (nSPS) is 15.6. The molecule has 1 aliphatic rings. The van der Waals surface area contributed by atoms with Crippen LogP contribution in [0.5, 0.6) is 0 Å². The van der Waals surface area contributed by atoms with Crippen LogP contribution in [0, 0.1) is 0 Å². The fourth-order valence-corrected chi connectivity index (χ4v) is 2.25. The molecule has 0 bridgehead atoms. The van der Waals surface area contributed by atoms with Gasteiger partial charge >= 0.3 is 6.03 Å². The van der Waals surface area contributed by atoms with Gasteiger partial charge in [-0.05, 0) is 26.0 Å². The lowest BCUT2D eigenvalue weighted by molar-refractivity contribution is -0.131. The van der Waals surface area contributed by atoms with E-state index in [1.165, 1.54) is 0 Å². The number of rotatable bonds is 3. The van der Waals surface area contributed by atoms with Gasteiger partial charge in [-0.25, -0.2) is 4.79 Å². The molecule has 3 amide bonds. The smallest absolute Gasteiger partial charge is 0.317 e. The molecule has 2 N–H and O–H groups in total. The fourth-order valence-electron chi connectivity index (χ4n) is 2.25. The first-order valence-electron chi connectivity index (χ1n) is 7.01. The van der Waals surface area contributed by atoms with Crippen LogP contribution in [0.3, 0.4) is 0 Å². The second-order valence-electron chi connectivity index (χ2n) is 5.34. The van der Waals surface area contributed by atoms with Crippen LogP contribution >= 0.6 is 0 Å². The van der Waals surface area contributed by atoms with Crippen LogP contribution in [0.25, 0.3) is 0 Å². The molecule has 0 spiro atoms. The number of carbonyl (C=O) groups excluding carboxylic acids is 2. The van der Waals surface area contributed by atoms with E-state index in [1.54, 1.807) is 4.90 Å². The van der Waals surface area contributed by atoms with Crippen LogP contribution in [-0.4, -0.2) is 58.9 Å². The largest absolute Gasteiger partial charge is 0.365 e. The number of H-pyrrole nitrogens is 1. The van der Waals surface area contributed by atoms with Gasteiger partial charge in [0.2, 0.25) is 5.91 Å². The first kappa shape index (κ1) is 14.4. The standard InChI is InChI=1S/C14H22N4O2/c1-11(2)16-14(20)18-8-6-17(7-9-18)13(19)10-12-4-3-5-15-12/h3-5,11,15H,6-10H2,1-2H3,(H,16,20). The average Bonchev–Trinajstić information content (AvgIpc) is 2.91. The summed E-state index contributed by atoms with van der Waals surface area (Å²) < 4.78 is 0. The minimum Gasteiger partial charge on any atom is -0.365 e. The highest BCUT2D eigenvalue weighted by Gasteiger charge is 2.24. The monoisotopic (exact) mass is 278 g/mol. The number of aromatic nitrogens is 1. The van der Waals surface area contributed by atoms with E-state index >= 15 is 0 Å². The van der Waals surface area contributed by atoms with Gasteiger partial charge in [0, 0.05) is 44.1 Å². The van der Waals surface area contributed by atoms with Crippen molar-refractivity contribution in [1.82, 2.24) is 20.1 Å². The Labute approximate surface area is 119 Å². The van der Waals surface area contributed by atoms with Crippen molar-refractivity contribution in [2.24, 2.45) is 0 Å². The summed E-state index contributed by atoms with van der Waals surface area (Å²) in [5.74, 6) is 0.108.